The zero-order valence-electron chi connectivity index (χ0n) is 12.9. The van der Waals surface area contributed by atoms with Gasteiger partial charge in [0.15, 0.2) is 5.82 Å². The zero-order chi connectivity index (χ0) is 16.6. The van der Waals surface area contributed by atoms with E-state index in [0.717, 1.165) is 0 Å². The molecule has 2 fully saturated rings. The van der Waals surface area contributed by atoms with Gasteiger partial charge in [-0.15, -0.1) is 11.8 Å². The van der Waals surface area contributed by atoms with Gasteiger partial charge in [-0.25, -0.2) is 14.8 Å². The van der Waals surface area contributed by atoms with Crippen LogP contribution in [0.5, 0.6) is 0 Å². The molecule has 3 heterocycles. The van der Waals surface area contributed by atoms with Crippen LogP contribution in [0.1, 0.15) is 19.7 Å². The Balaban J connectivity index is 1.84. The van der Waals surface area contributed by atoms with Crippen molar-refractivity contribution in [1.29, 1.82) is 0 Å². The Bertz CT molecular complexity index is 687. The molecule has 0 aliphatic carbocycles. The van der Waals surface area contributed by atoms with Crippen LogP contribution in [0.15, 0.2) is 36.7 Å². The maximum atomic E-state index is 12.5. The Kier molecular flexibility index (Phi) is 3.97. The van der Waals surface area contributed by atoms with Gasteiger partial charge in [0, 0.05) is 17.1 Å². The number of hydrogen-bond acceptors (Lipinski definition) is 6. The van der Waals surface area contributed by atoms with Gasteiger partial charge in [0.25, 0.3) is 5.91 Å². The molecule has 7 heteroatoms. The van der Waals surface area contributed by atoms with Gasteiger partial charge in [-0.2, -0.15) is 0 Å². The standard InChI is InChI=1S/C16H17N3O3S/c1-4-8-22-15(21)12-16(2,3)23-14-10(13(20)19(12)14)9-11-17-6-5-7-18-11/h4-7,9,12,14H,1,8H2,2-3H3/b10-9+/t12-,14+/m0/s1. The molecule has 0 aromatic carbocycles. The highest BCUT2D eigenvalue weighted by molar-refractivity contribution is 8.01. The predicted molar refractivity (Wildman–Crippen MR) is 87.3 cm³/mol. The molecule has 0 N–H and O–H groups in total. The van der Waals surface area contributed by atoms with E-state index >= 15 is 0 Å². The summed E-state index contributed by atoms with van der Waals surface area (Å²) < 4.78 is 4.73. The van der Waals surface area contributed by atoms with Crippen molar-refractivity contribution in [3.8, 4) is 0 Å². The highest BCUT2D eigenvalue weighted by Gasteiger charge is 2.61. The van der Waals surface area contributed by atoms with E-state index < -0.39 is 16.8 Å². The van der Waals surface area contributed by atoms with Crippen LogP contribution in [0, 0.1) is 0 Å². The predicted octanol–water partition coefficient (Wildman–Crippen LogP) is 1.65. The van der Waals surface area contributed by atoms with Crippen LogP contribution in [0.3, 0.4) is 0 Å². The molecular formula is C16H17N3O3S. The van der Waals surface area contributed by atoms with Gasteiger partial charge in [0.1, 0.15) is 18.0 Å². The summed E-state index contributed by atoms with van der Waals surface area (Å²) in [4.78, 5) is 34.6. The lowest BCUT2D eigenvalue weighted by molar-refractivity contribution is -0.156. The third-order valence-electron chi connectivity index (χ3n) is 3.79. The van der Waals surface area contributed by atoms with Crippen LogP contribution < -0.4 is 0 Å². The van der Waals surface area contributed by atoms with Gasteiger partial charge in [-0.3, -0.25) is 4.79 Å². The number of amides is 1. The van der Waals surface area contributed by atoms with Crippen LogP contribution in [-0.2, 0) is 14.3 Å². The average molecular weight is 331 g/mol. The summed E-state index contributed by atoms with van der Waals surface area (Å²) in [5, 5.41) is -0.164. The molecule has 2 atom stereocenters. The normalized spacial score (nSPS) is 26.6. The Hall–Kier alpha value is -2.15. The maximum absolute atomic E-state index is 12.5. The number of nitrogens with zero attached hydrogens (tertiary/aromatic N) is 3. The minimum atomic E-state index is -0.598. The number of fused-ring (bicyclic) bond motifs is 1. The molecule has 0 bridgehead atoms. The van der Waals surface area contributed by atoms with Gasteiger partial charge in [0.05, 0.1) is 5.57 Å². The fraction of sp³-hybridized carbons (Fsp3) is 0.375. The quantitative estimate of drug-likeness (QED) is 0.361. The van der Waals surface area contributed by atoms with E-state index in [2.05, 4.69) is 16.5 Å². The van der Waals surface area contributed by atoms with E-state index in [-0.39, 0.29) is 17.9 Å². The van der Waals surface area contributed by atoms with E-state index in [4.69, 9.17) is 4.74 Å². The second-order valence-corrected chi connectivity index (χ2v) is 7.55. The Labute approximate surface area is 138 Å². The van der Waals surface area contributed by atoms with Crippen molar-refractivity contribution in [2.75, 3.05) is 6.61 Å². The molecule has 1 aromatic rings. The highest BCUT2D eigenvalue weighted by Crippen LogP contribution is 2.53. The summed E-state index contributed by atoms with van der Waals surface area (Å²) in [5.41, 5.74) is 0.619. The first kappa shape index (κ1) is 15.7. The summed E-state index contributed by atoms with van der Waals surface area (Å²) in [5.74, 6) is -0.0686. The van der Waals surface area contributed by atoms with Crippen LogP contribution in [0.2, 0.25) is 0 Å². The third kappa shape index (κ3) is 2.65. The number of rotatable bonds is 4. The van der Waals surface area contributed by atoms with Crippen LogP contribution in [-0.4, -0.2) is 49.5 Å². The van der Waals surface area contributed by atoms with Crippen molar-refractivity contribution in [3.63, 3.8) is 0 Å². The molecule has 2 saturated heterocycles. The molecule has 0 unspecified atom stereocenters. The summed E-state index contributed by atoms with van der Waals surface area (Å²) in [6.07, 6.45) is 6.45. The number of esters is 1. The molecule has 120 valence electrons. The molecule has 6 nitrogen and oxygen atoms in total. The summed E-state index contributed by atoms with van der Waals surface area (Å²) in [7, 11) is 0. The van der Waals surface area contributed by atoms with Crippen molar-refractivity contribution in [3.05, 3.63) is 42.5 Å². The fourth-order valence-electron chi connectivity index (χ4n) is 2.78. The Morgan fingerprint density at radius 2 is 2.17 bits per heavy atom. The first-order valence-electron chi connectivity index (χ1n) is 7.22. The topological polar surface area (TPSA) is 72.4 Å². The number of thioether (sulfide) groups is 1. The van der Waals surface area contributed by atoms with E-state index in [9.17, 15) is 9.59 Å². The minimum absolute atomic E-state index is 0.142. The van der Waals surface area contributed by atoms with E-state index in [0.29, 0.717) is 11.4 Å². The first-order valence-corrected chi connectivity index (χ1v) is 8.10. The maximum Gasteiger partial charge on any atom is 0.330 e. The second-order valence-electron chi connectivity index (χ2n) is 5.81. The van der Waals surface area contributed by atoms with Crippen LogP contribution >= 0.6 is 11.8 Å². The van der Waals surface area contributed by atoms with Gasteiger partial charge in [-0.05, 0) is 26.0 Å². The molecule has 0 spiro atoms. The third-order valence-corrected chi connectivity index (χ3v) is 5.32. The van der Waals surface area contributed by atoms with Crippen LogP contribution in [0.25, 0.3) is 6.08 Å². The van der Waals surface area contributed by atoms with Crippen molar-refractivity contribution in [1.82, 2.24) is 14.9 Å². The number of ether oxygens (including phenoxy) is 1. The SMILES string of the molecule is C=CCOC(=O)[C@@H]1N2C(=O)/C(=C\c3ncccn3)[C@H]2SC1(C)C. The average Bonchev–Trinajstić information content (AvgIpc) is 2.79. The smallest absolute Gasteiger partial charge is 0.330 e. The molecule has 1 aromatic heterocycles. The molecule has 23 heavy (non-hydrogen) atoms. The van der Waals surface area contributed by atoms with Gasteiger partial charge in [0.2, 0.25) is 0 Å². The molecule has 2 aliphatic rings. The molecule has 0 radical (unpaired) electrons. The van der Waals surface area contributed by atoms with Gasteiger partial charge < -0.3 is 9.64 Å². The number of carbonyl (C=O) groups excluding carboxylic acids is 2. The Morgan fingerprint density at radius 1 is 1.48 bits per heavy atom. The van der Waals surface area contributed by atoms with E-state index in [1.807, 2.05) is 13.8 Å². The summed E-state index contributed by atoms with van der Waals surface area (Å²) in [6.45, 7) is 7.56. The second kappa shape index (κ2) is 5.81. The van der Waals surface area contributed by atoms with Crippen molar-refractivity contribution in [2.24, 2.45) is 0 Å². The lowest BCUT2D eigenvalue weighted by Gasteiger charge is -2.39. The Morgan fingerprint density at radius 3 is 2.83 bits per heavy atom. The summed E-state index contributed by atoms with van der Waals surface area (Å²) in [6, 6.07) is 1.12. The zero-order valence-corrected chi connectivity index (χ0v) is 13.7. The largest absolute Gasteiger partial charge is 0.460 e. The van der Waals surface area contributed by atoms with Crippen molar-refractivity contribution >= 4 is 29.7 Å². The van der Waals surface area contributed by atoms with E-state index in [1.165, 1.54) is 6.08 Å². The summed E-state index contributed by atoms with van der Waals surface area (Å²) >= 11 is 1.57. The van der Waals surface area contributed by atoms with Crippen molar-refractivity contribution < 1.29 is 14.3 Å². The molecule has 0 saturated carbocycles. The minimum Gasteiger partial charge on any atom is -0.460 e. The van der Waals surface area contributed by atoms with E-state index in [1.54, 1.807) is 41.2 Å². The molecule has 1 amide bonds. The van der Waals surface area contributed by atoms with Gasteiger partial charge in [-0.1, -0.05) is 12.7 Å². The number of carbonyl (C=O) groups is 2. The monoisotopic (exact) mass is 331 g/mol. The first-order chi connectivity index (χ1) is 11.0. The molecule has 2 aliphatic heterocycles. The molecule has 3 rings (SSSR count). The lowest BCUT2D eigenvalue weighted by Crippen LogP contribution is -2.58. The number of β-lactam (4-membered cyclic amide) rings is 1. The lowest BCUT2D eigenvalue weighted by atomic mass is 9.95. The number of hydrogen-bond donors (Lipinski definition) is 0. The number of aromatic nitrogens is 2. The molecular weight excluding hydrogens is 314 g/mol. The highest BCUT2D eigenvalue weighted by atomic mass is 32.2. The van der Waals surface area contributed by atoms with Crippen molar-refractivity contribution in [2.45, 2.75) is 30.0 Å². The fourth-order valence-corrected chi connectivity index (χ4v) is 4.32. The van der Waals surface area contributed by atoms with Crippen LogP contribution in [0.4, 0.5) is 0 Å². The van der Waals surface area contributed by atoms with Gasteiger partial charge >= 0.3 is 5.97 Å².